The van der Waals surface area contributed by atoms with Crippen LogP contribution in [0.15, 0.2) is 0 Å². The van der Waals surface area contributed by atoms with Crippen molar-refractivity contribution in [3.05, 3.63) is 0 Å². The number of aliphatic hydroxyl groups is 1. The molecule has 2 nitrogen and oxygen atoms in total. The summed E-state index contributed by atoms with van der Waals surface area (Å²) in [5.74, 6) is 0. The van der Waals surface area contributed by atoms with Gasteiger partial charge >= 0.3 is 0 Å². The maximum Gasteiger partial charge on any atom is 0.0722 e. The minimum absolute atomic E-state index is 0.0498. The van der Waals surface area contributed by atoms with Crippen molar-refractivity contribution in [3.63, 3.8) is 0 Å². The van der Waals surface area contributed by atoms with Crippen LogP contribution in [-0.2, 0) is 0 Å². The van der Waals surface area contributed by atoms with Gasteiger partial charge in [0, 0.05) is 5.54 Å². The average molecular weight is 127 g/mol. The van der Waals surface area contributed by atoms with Gasteiger partial charge in [0.1, 0.15) is 0 Å². The molecule has 1 aliphatic heterocycles. The number of rotatable bonds is 0. The zero-order valence-corrected chi connectivity index (χ0v) is 5.56. The monoisotopic (exact) mass is 127 g/mol. The van der Waals surface area contributed by atoms with Crippen molar-refractivity contribution >= 4 is 0 Å². The molecule has 0 bridgehead atoms. The van der Waals surface area contributed by atoms with Crippen LogP contribution in [0.2, 0.25) is 0 Å². The first-order valence-corrected chi connectivity index (χ1v) is 3.77. The summed E-state index contributed by atoms with van der Waals surface area (Å²) in [6, 6.07) is 0. The van der Waals surface area contributed by atoms with Crippen molar-refractivity contribution in [3.8, 4) is 0 Å². The molecular formula is C7H13NO. The fourth-order valence-corrected chi connectivity index (χ4v) is 1.67. The molecule has 0 radical (unpaired) electrons. The Morgan fingerprint density at radius 2 is 2.22 bits per heavy atom. The van der Waals surface area contributed by atoms with Gasteiger partial charge in [0.05, 0.1) is 6.10 Å². The lowest BCUT2D eigenvalue weighted by Gasteiger charge is -2.28. The topological polar surface area (TPSA) is 32.3 Å². The molecule has 2 aliphatic rings. The SMILES string of the molecule is OC1CCCNC12CC2. The van der Waals surface area contributed by atoms with Gasteiger partial charge in [0.25, 0.3) is 0 Å². The molecule has 2 rings (SSSR count). The average Bonchev–Trinajstić information content (AvgIpc) is 2.60. The second-order valence-electron chi connectivity index (χ2n) is 3.24. The van der Waals surface area contributed by atoms with E-state index < -0.39 is 0 Å². The van der Waals surface area contributed by atoms with Gasteiger partial charge in [-0.1, -0.05) is 0 Å². The highest BCUT2D eigenvalue weighted by molar-refractivity contribution is 5.08. The van der Waals surface area contributed by atoms with E-state index in [9.17, 15) is 5.11 Å². The molecule has 1 atom stereocenters. The fourth-order valence-electron chi connectivity index (χ4n) is 1.67. The zero-order valence-electron chi connectivity index (χ0n) is 5.56. The van der Waals surface area contributed by atoms with Crippen LogP contribution in [0.4, 0.5) is 0 Å². The first-order valence-electron chi connectivity index (χ1n) is 3.77. The first kappa shape index (κ1) is 5.69. The normalized spacial score (nSPS) is 39.0. The van der Waals surface area contributed by atoms with Crippen LogP contribution in [0.3, 0.4) is 0 Å². The van der Waals surface area contributed by atoms with E-state index in [0.717, 1.165) is 19.4 Å². The molecule has 1 saturated carbocycles. The summed E-state index contributed by atoms with van der Waals surface area (Å²) in [6.07, 6.45) is 4.48. The van der Waals surface area contributed by atoms with E-state index in [1.165, 1.54) is 12.8 Å². The molecule has 0 aromatic carbocycles. The summed E-state index contributed by atoms with van der Waals surface area (Å²) < 4.78 is 0. The van der Waals surface area contributed by atoms with Crippen LogP contribution in [0.25, 0.3) is 0 Å². The molecule has 0 amide bonds. The van der Waals surface area contributed by atoms with Gasteiger partial charge < -0.3 is 10.4 Å². The molecule has 2 N–H and O–H groups in total. The molecule has 2 fully saturated rings. The van der Waals surface area contributed by atoms with Crippen LogP contribution >= 0.6 is 0 Å². The zero-order chi connectivity index (χ0) is 6.32. The quantitative estimate of drug-likeness (QED) is 0.489. The third-order valence-corrected chi connectivity index (χ3v) is 2.56. The lowest BCUT2D eigenvalue weighted by Crippen LogP contribution is -2.46. The van der Waals surface area contributed by atoms with Gasteiger partial charge in [0.2, 0.25) is 0 Å². The van der Waals surface area contributed by atoms with E-state index in [0.29, 0.717) is 0 Å². The molecule has 2 heteroatoms. The van der Waals surface area contributed by atoms with Crippen molar-refractivity contribution in [1.29, 1.82) is 0 Å². The second kappa shape index (κ2) is 1.70. The van der Waals surface area contributed by atoms with Gasteiger partial charge in [-0.25, -0.2) is 0 Å². The van der Waals surface area contributed by atoms with Gasteiger partial charge in [0.15, 0.2) is 0 Å². The molecule has 1 aliphatic carbocycles. The summed E-state index contributed by atoms with van der Waals surface area (Å²) in [6.45, 7) is 1.11. The molecule has 1 unspecified atom stereocenters. The Hall–Kier alpha value is -0.0800. The van der Waals surface area contributed by atoms with E-state index in [1.54, 1.807) is 0 Å². The van der Waals surface area contributed by atoms with Crippen LogP contribution in [0, 0.1) is 0 Å². The Morgan fingerprint density at radius 3 is 2.67 bits per heavy atom. The summed E-state index contributed by atoms with van der Waals surface area (Å²) in [5.41, 5.74) is 0.193. The molecule has 0 aromatic rings. The minimum atomic E-state index is -0.0498. The van der Waals surface area contributed by atoms with Crippen molar-refractivity contribution < 1.29 is 5.11 Å². The molecule has 1 saturated heterocycles. The third-order valence-electron chi connectivity index (χ3n) is 2.56. The summed E-state index contributed by atoms with van der Waals surface area (Å²) in [5, 5.41) is 12.8. The van der Waals surface area contributed by atoms with Crippen LogP contribution in [-0.4, -0.2) is 23.3 Å². The Balaban J connectivity index is 2.03. The highest BCUT2D eigenvalue weighted by atomic mass is 16.3. The van der Waals surface area contributed by atoms with Crippen LogP contribution < -0.4 is 5.32 Å². The van der Waals surface area contributed by atoms with Crippen molar-refractivity contribution in [2.75, 3.05) is 6.54 Å². The number of piperidine rings is 1. The van der Waals surface area contributed by atoms with Gasteiger partial charge in [-0.2, -0.15) is 0 Å². The van der Waals surface area contributed by atoms with E-state index in [1.807, 2.05) is 0 Å². The molecule has 1 spiro atoms. The van der Waals surface area contributed by atoms with Crippen LogP contribution in [0.5, 0.6) is 0 Å². The van der Waals surface area contributed by atoms with E-state index in [4.69, 9.17) is 0 Å². The van der Waals surface area contributed by atoms with Crippen molar-refractivity contribution in [1.82, 2.24) is 5.32 Å². The summed E-state index contributed by atoms with van der Waals surface area (Å²) in [4.78, 5) is 0. The molecule has 52 valence electrons. The van der Waals surface area contributed by atoms with Gasteiger partial charge in [-0.15, -0.1) is 0 Å². The fraction of sp³-hybridized carbons (Fsp3) is 1.00. The lowest BCUT2D eigenvalue weighted by molar-refractivity contribution is 0.0844. The standard InChI is InChI=1S/C7H13NO/c9-6-2-1-5-8-7(6)3-4-7/h6,8-9H,1-5H2. The van der Waals surface area contributed by atoms with E-state index in [-0.39, 0.29) is 11.6 Å². The number of aliphatic hydroxyl groups excluding tert-OH is 1. The number of nitrogens with one attached hydrogen (secondary N) is 1. The largest absolute Gasteiger partial charge is 0.391 e. The molecule has 0 aromatic heterocycles. The van der Waals surface area contributed by atoms with Crippen molar-refractivity contribution in [2.45, 2.75) is 37.3 Å². The lowest BCUT2D eigenvalue weighted by atomic mass is 10.00. The number of hydrogen-bond acceptors (Lipinski definition) is 2. The maximum atomic E-state index is 9.44. The van der Waals surface area contributed by atoms with Crippen LogP contribution in [0.1, 0.15) is 25.7 Å². The Kier molecular flexibility index (Phi) is 1.08. The highest BCUT2D eigenvalue weighted by Crippen LogP contribution is 2.41. The smallest absolute Gasteiger partial charge is 0.0722 e. The second-order valence-corrected chi connectivity index (χ2v) is 3.24. The summed E-state index contributed by atoms with van der Waals surface area (Å²) in [7, 11) is 0. The van der Waals surface area contributed by atoms with E-state index in [2.05, 4.69) is 5.32 Å². The highest BCUT2D eigenvalue weighted by Gasteiger charge is 2.49. The third kappa shape index (κ3) is 0.775. The first-order chi connectivity index (χ1) is 4.33. The predicted octanol–water partition coefficient (Wildman–Crippen LogP) is 0.263. The maximum absolute atomic E-state index is 9.44. The summed E-state index contributed by atoms with van der Waals surface area (Å²) >= 11 is 0. The molecule has 9 heavy (non-hydrogen) atoms. The Bertz CT molecular complexity index is 120. The Morgan fingerprint density at radius 1 is 1.44 bits per heavy atom. The predicted molar refractivity (Wildman–Crippen MR) is 35.2 cm³/mol. The molecular weight excluding hydrogens is 114 g/mol. The Labute approximate surface area is 55.3 Å². The minimum Gasteiger partial charge on any atom is -0.391 e. The molecule has 1 heterocycles. The van der Waals surface area contributed by atoms with Gasteiger partial charge in [-0.05, 0) is 32.2 Å². The van der Waals surface area contributed by atoms with Gasteiger partial charge in [-0.3, -0.25) is 0 Å². The van der Waals surface area contributed by atoms with Crippen molar-refractivity contribution in [2.24, 2.45) is 0 Å². The van der Waals surface area contributed by atoms with E-state index >= 15 is 0 Å². The number of hydrogen-bond donors (Lipinski definition) is 2.